The number of fused-ring (bicyclic) bond motifs is 1. The molecule has 2 heterocycles. The van der Waals surface area contributed by atoms with Gasteiger partial charge in [0.2, 0.25) is 11.6 Å². The van der Waals surface area contributed by atoms with Crippen LogP contribution in [0.5, 0.6) is 0 Å². The molecule has 2 atom stereocenters. The normalized spacial score (nSPS) is 21.4. The van der Waals surface area contributed by atoms with Crippen molar-refractivity contribution >= 4 is 5.78 Å². The van der Waals surface area contributed by atoms with E-state index < -0.39 is 6.17 Å². The van der Waals surface area contributed by atoms with Gasteiger partial charge in [-0.1, -0.05) is 37.3 Å². The number of carbonyl (C=O) groups is 1. The van der Waals surface area contributed by atoms with E-state index in [1.54, 1.807) is 11.6 Å². The van der Waals surface area contributed by atoms with Gasteiger partial charge in [-0.05, 0) is 5.56 Å². The molecule has 1 aromatic heterocycles. The molecule has 4 nitrogen and oxygen atoms in total. The molecular weight excluding hydrogens is 245 g/mol. The van der Waals surface area contributed by atoms with Crippen molar-refractivity contribution < 1.29 is 9.18 Å². The Morgan fingerprint density at radius 3 is 2.84 bits per heavy atom. The van der Waals surface area contributed by atoms with E-state index in [0.717, 1.165) is 5.56 Å². The van der Waals surface area contributed by atoms with Crippen LogP contribution in [-0.4, -0.2) is 20.5 Å². The summed E-state index contributed by atoms with van der Waals surface area (Å²) in [6, 6.07) is 9.45. The van der Waals surface area contributed by atoms with Gasteiger partial charge in [0, 0.05) is 12.8 Å². The fourth-order valence-electron chi connectivity index (χ4n) is 2.41. The van der Waals surface area contributed by atoms with E-state index in [9.17, 15) is 9.18 Å². The third kappa shape index (κ3) is 1.95. The molecule has 5 heteroatoms. The molecule has 0 amide bonds. The van der Waals surface area contributed by atoms with Crippen molar-refractivity contribution in [3.8, 4) is 0 Å². The number of nitrogens with zero attached hydrogens (tertiary/aromatic N) is 3. The lowest BCUT2D eigenvalue weighted by Crippen LogP contribution is -2.09. The summed E-state index contributed by atoms with van der Waals surface area (Å²) in [4.78, 5) is 15.7. The predicted molar refractivity (Wildman–Crippen MR) is 67.7 cm³/mol. The Hall–Kier alpha value is -2.04. The predicted octanol–water partition coefficient (Wildman–Crippen LogP) is 2.87. The summed E-state index contributed by atoms with van der Waals surface area (Å²) in [5.41, 5.74) is 0.990. The zero-order valence-corrected chi connectivity index (χ0v) is 10.6. The molecule has 0 radical (unpaired) electrons. The molecule has 0 spiro atoms. The molecule has 98 valence electrons. The maximum absolute atomic E-state index is 14.0. The van der Waals surface area contributed by atoms with Gasteiger partial charge in [-0.25, -0.2) is 14.1 Å². The van der Waals surface area contributed by atoms with E-state index in [2.05, 4.69) is 10.1 Å². The van der Waals surface area contributed by atoms with Crippen LogP contribution >= 0.6 is 0 Å². The lowest BCUT2D eigenvalue weighted by molar-refractivity contribution is 0.0977. The Morgan fingerprint density at radius 1 is 1.42 bits per heavy atom. The number of aromatic nitrogens is 3. The lowest BCUT2D eigenvalue weighted by atomic mass is 10.0. The summed E-state index contributed by atoms with van der Waals surface area (Å²) < 4.78 is 15.6. The molecule has 19 heavy (non-hydrogen) atoms. The molecule has 0 N–H and O–H groups in total. The van der Waals surface area contributed by atoms with Crippen LogP contribution in [0.1, 0.15) is 54.0 Å². The number of benzene rings is 1. The summed E-state index contributed by atoms with van der Waals surface area (Å²) in [6.45, 7) is 1.75. The molecule has 0 saturated heterocycles. The summed E-state index contributed by atoms with van der Waals surface area (Å²) in [5, 5.41) is 4.19. The van der Waals surface area contributed by atoms with Crippen LogP contribution in [0.4, 0.5) is 4.39 Å². The van der Waals surface area contributed by atoms with Gasteiger partial charge < -0.3 is 0 Å². The fourth-order valence-corrected chi connectivity index (χ4v) is 2.41. The average molecular weight is 259 g/mol. The Labute approximate surface area is 110 Å². The number of ketones is 1. The quantitative estimate of drug-likeness (QED) is 0.796. The van der Waals surface area contributed by atoms with Crippen LogP contribution in [0, 0.1) is 0 Å². The highest BCUT2D eigenvalue weighted by Gasteiger charge is 2.35. The Morgan fingerprint density at radius 2 is 2.16 bits per heavy atom. The molecule has 0 bridgehead atoms. The van der Waals surface area contributed by atoms with Crippen molar-refractivity contribution in [3.63, 3.8) is 0 Å². The van der Waals surface area contributed by atoms with Crippen molar-refractivity contribution in [2.45, 2.75) is 32.0 Å². The highest BCUT2D eigenvalue weighted by Crippen LogP contribution is 2.39. The largest absolute Gasteiger partial charge is 0.291 e. The highest BCUT2D eigenvalue weighted by atomic mass is 19.1. The van der Waals surface area contributed by atoms with Crippen molar-refractivity contribution in [2.24, 2.45) is 0 Å². The minimum Gasteiger partial charge on any atom is -0.291 e. The minimum absolute atomic E-state index is 0.126. The van der Waals surface area contributed by atoms with E-state index >= 15 is 0 Å². The third-order valence-corrected chi connectivity index (χ3v) is 3.42. The van der Waals surface area contributed by atoms with Crippen LogP contribution < -0.4 is 0 Å². The smallest absolute Gasteiger partial charge is 0.217 e. The van der Waals surface area contributed by atoms with Crippen LogP contribution in [0.3, 0.4) is 0 Å². The van der Waals surface area contributed by atoms with Gasteiger partial charge in [-0.3, -0.25) is 4.79 Å². The lowest BCUT2D eigenvalue weighted by Gasteiger charge is -2.11. The maximum atomic E-state index is 14.0. The van der Waals surface area contributed by atoms with Crippen molar-refractivity contribution in [3.05, 3.63) is 47.5 Å². The zero-order valence-electron chi connectivity index (χ0n) is 10.6. The van der Waals surface area contributed by atoms with E-state index in [1.807, 2.05) is 30.3 Å². The standard InChI is InChI=1S/C14H14FN3O/c1-2-12(19)13-16-14-10(15)8-11(18(14)17-13)9-6-4-3-5-7-9/h3-7,10-11H,2,8H2,1H3/t10-,11+/m1/s1. The number of hydrogen-bond acceptors (Lipinski definition) is 3. The van der Waals surface area contributed by atoms with E-state index in [0.29, 0.717) is 12.8 Å². The van der Waals surface area contributed by atoms with E-state index in [1.165, 1.54) is 0 Å². The number of Topliss-reactive ketones (excluding diaryl/α,β-unsaturated/α-hetero) is 1. The molecule has 0 fully saturated rings. The number of carbonyl (C=O) groups excluding carboxylic acids is 1. The van der Waals surface area contributed by atoms with Crippen LogP contribution in [0.2, 0.25) is 0 Å². The molecule has 0 saturated carbocycles. The Kier molecular flexibility index (Phi) is 2.89. The van der Waals surface area contributed by atoms with Gasteiger partial charge >= 0.3 is 0 Å². The molecule has 1 aromatic carbocycles. The summed E-state index contributed by atoms with van der Waals surface area (Å²) in [5.74, 6) is 0.243. The third-order valence-electron chi connectivity index (χ3n) is 3.42. The van der Waals surface area contributed by atoms with Crippen molar-refractivity contribution in [2.75, 3.05) is 0 Å². The molecule has 0 unspecified atom stereocenters. The molecule has 1 aliphatic heterocycles. The van der Waals surface area contributed by atoms with Crippen molar-refractivity contribution in [1.82, 2.24) is 14.8 Å². The number of alkyl halides is 1. The molecule has 1 aliphatic rings. The first-order valence-electron chi connectivity index (χ1n) is 6.39. The highest BCUT2D eigenvalue weighted by molar-refractivity contribution is 5.92. The first kappa shape index (κ1) is 12.0. The molecule has 3 rings (SSSR count). The number of rotatable bonds is 3. The number of halogens is 1. The second kappa shape index (κ2) is 4.57. The fraction of sp³-hybridized carbons (Fsp3) is 0.357. The van der Waals surface area contributed by atoms with Gasteiger partial charge in [-0.15, -0.1) is 5.10 Å². The second-order valence-corrected chi connectivity index (χ2v) is 4.64. The van der Waals surface area contributed by atoms with Crippen LogP contribution in [-0.2, 0) is 0 Å². The van der Waals surface area contributed by atoms with Gasteiger partial charge in [-0.2, -0.15) is 0 Å². The Bertz CT molecular complexity index is 608. The summed E-state index contributed by atoms with van der Waals surface area (Å²) >= 11 is 0. The van der Waals surface area contributed by atoms with Gasteiger partial charge in [0.25, 0.3) is 0 Å². The van der Waals surface area contributed by atoms with Crippen LogP contribution in [0.25, 0.3) is 0 Å². The first-order chi connectivity index (χ1) is 9.20. The summed E-state index contributed by atoms with van der Waals surface area (Å²) in [6.07, 6.45) is -0.493. The minimum atomic E-state index is -1.16. The SMILES string of the molecule is CCC(=O)c1nc2n(n1)[C@H](c1ccccc1)C[C@H]2F. The van der Waals surface area contributed by atoms with Gasteiger partial charge in [0.15, 0.2) is 12.0 Å². The Balaban J connectivity index is 2.02. The van der Waals surface area contributed by atoms with E-state index in [4.69, 9.17) is 0 Å². The molecule has 0 aliphatic carbocycles. The monoisotopic (exact) mass is 259 g/mol. The van der Waals surface area contributed by atoms with Gasteiger partial charge in [0.05, 0.1) is 6.04 Å². The summed E-state index contributed by atoms with van der Waals surface area (Å²) in [7, 11) is 0. The van der Waals surface area contributed by atoms with Gasteiger partial charge in [0.1, 0.15) is 0 Å². The topological polar surface area (TPSA) is 47.8 Å². The average Bonchev–Trinajstić information content (AvgIpc) is 3.00. The van der Waals surface area contributed by atoms with E-state index in [-0.39, 0.29) is 23.5 Å². The first-order valence-corrected chi connectivity index (χ1v) is 6.39. The maximum Gasteiger partial charge on any atom is 0.217 e. The molecule has 2 aromatic rings. The number of hydrogen-bond donors (Lipinski definition) is 0. The van der Waals surface area contributed by atoms with Crippen LogP contribution in [0.15, 0.2) is 30.3 Å². The zero-order chi connectivity index (χ0) is 13.4. The molecular formula is C14H14FN3O. The van der Waals surface area contributed by atoms with Crippen molar-refractivity contribution in [1.29, 1.82) is 0 Å². The second-order valence-electron chi connectivity index (χ2n) is 4.64.